The van der Waals surface area contributed by atoms with E-state index in [2.05, 4.69) is 44.8 Å². The molecule has 1 aliphatic carbocycles. The number of imidazole rings is 1. The van der Waals surface area contributed by atoms with E-state index in [4.69, 9.17) is 0 Å². The van der Waals surface area contributed by atoms with Crippen LogP contribution in [0.25, 0.3) is 0 Å². The van der Waals surface area contributed by atoms with Gasteiger partial charge in [-0.25, -0.2) is 4.98 Å². The highest BCUT2D eigenvalue weighted by Gasteiger charge is 2.18. The van der Waals surface area contributed by atoms with Gasteiger partial charge in [0.15, 0.2) is 0 Å². The summed E-state index contributed by atoms with van der Waals surface area (Å²) in [7, 11) is 0. The lowest BCUT2D eigenvalue weighted by atomic mass is 10.1. The van der Waals surface area contributed by atoms with E-state index in [0.717, 1.165) is 12.4 Å². The van der Waals surface area contributed by atoms with Crippen LogP contribution in [0.15, 0.2) is 29.2 Å². The fourth-order valence-electron chi connectivity index (χ4n) is 2.88. The lowest BCUT2D eigenvalue weighted by Gasteiger charge is -2.19. The van der Waals surface area contributed by atoms with E-state index < -0.39 is 0 Å². The predicted molar refractivity (Wildman–Crippen MR) is 80.8 cm³/mol. The Morgan fingerprint density at radius 3 is 3.05 bits per heavy atom. The quantitative estimate of drug-likeness (QED) is 0.890. The van der Waals surface area contributed by atoms with Crippen molar-refractivity contribution in [3.05, 3.63) is 34.8 Å². The Balaban J connectivity index is 1.68. The van der Waals surface area contributed by atoms with Gasteiger partial charge in [-0.3, -0.25) is 0 Å². The molecule has 0 spiro atoms. The predicted octanol–water partition coefficient (Wildman–Crippen LogP) is 4.10. The minimum Gasteiger partial charge on any atom is -0.353 e. The molecule has 102 valence electrons. The zero-order valence-electron chi connectivity index (χ0n) is 11.4. The Hall–Kier alpha value is -1.29. The van der Waals surface area contributed by atoms with Crippen molar-refractivity contribution >= 4 is 17.3 Å². The molecule has 2 aromatic rings. The van der Waals surface area contributed by atoms with Gasteiger partial charge in [-0.1, -0.05) is 12.8 Å². The SMILES string of the molecule is CC(Cc1ccsc1)n1ccnc1NC1CCCC1. The van der Waals surface area contributed by atoms with Crippen LogP contribution in [-0.4, -0.2) is 15.6 Å². The van der Waals surface area contributed by atoms with Crippen LogP contribution >= 0.6 is 11.3 Å². The maximum Gasteiger partial charge on any atom is 0.203 e. The number of nitrogens with one attached hydrogen (secondary N) is 1. The van der Waals surface area contributed by atoms with E-state index in [0.29, 0.717) is 12.1 Å². The van der Waals surface area contributed by atoms with Crippen molar-refractivity contribution in [2.45, 2.75) is 51.1 Å². The second-order valence-electron chi connectivity index (χ2n) is 5.47. The van der Waals surface area contributed by atoms with Gasteiger partial charge in [0.1, 0.15) is 0 Å². The van der Waals surface area contributed by atoms with Crippen molar-refractivity contribution in [1.82, 2.24) is 9.55 Å². The number of hydrogen-bond donors (Lipinski definition) is 1. The minimum atomic E-state index is 0.445. The molecule has 3 rings (SSSR count). The van der Waals surface area contributed by atoms with Gasteiger partial charge in [-0.05, 0) is 48.6 Å². The molecule has 4 heteroatoms. The van der Waals surface area contributed by atoms with Crippen LogP contribution < -0.4 is 5.32 Å². The number of thiophene rings is 1. The Labute approximate surface area is 118 Å². The Morgan fingerprint density at radius 2 is 2.32 bits per heavy atom. The van der Waals surface area contributed by atoms with Gasteiger partial charge in [-0.15, -0.1) is 0 Å². The zero-order valence-corrected chi connectivity index (χ0v) is 12.2. The molecule has 0 aromatic carbocycles. The highest BCUT2D eigenvalue weighted by Crippen LogP contribution is 2.24. The molecule has 19 heavy (non-hydrogen) atoms. The Bertz CT molecular complexity index is 497. The summed E-state index contributed by atoms with van der Waals surface area (Å²) in [6.07, 6.45) is 10.3. The number of rotatable bonds is 5. The molecule has 1 N–H and O–H groups in total. The van der Waals surface area contributed by atoms with E-state index >= 15 is 0 Å². The van der Waals surface area contributed by atoms with Crippen LogP contribution in [0.4, 0.5) is 5.95 Å². The Morgan fingerprint density at radius 1 is 1.47 bits per heavy atom. The summed E-state index contributed by atoms with van der Waals surface area (Å²) in [5.41, 5.74) is 1.41. The standard InChI is InChI=1S/C15H21N3S/c1-12(10-13-6-9-19-11-13)18-8-7-16-15(18)17-14-4-2-3-5-14/h6-9,11-12,14H,2-5,10H2,1H3,(H,16,17). The van der Waals surface area contributed by atoms with Gasteiger partial charge < -0.3 is 9.88 Å². The van der Waals surface area contributed by atoms with Gasteiger partial charge in [-0.2, -0.15) is 11.3 Å². The average molecular weight is 275 g/mol. The maximum absolute atomic E-state index is 4.48. The van der Waals surface area contributed by atoms with Crippen LogP contribution in [0.3, 0.4) is 0 Å². The average Bonchev–Trinajstić information content (AvgIpc) is 3.10. The van der Waals surface area contributed by atoms with Crippen LogP contribution in [-0.2, 0) is 6.42 Å². The fraction of sp³-hybridized carbons (Fsp3) is 0.533. The highest BCUT2D eigenvalue weighted by molar-refractivity contribution is 7.07. The molecule has 0 amide bonds. The number of anilines is 1. The summed E-state index contributed by atoms with van der Waals surface area (Å²) in [4.78, 5) is 4.48. The zero-order chi connectivity index (χ0) is 13.1. The van der Waals surface area contributed by atoms with E-state index in [9.17, 15) is 0 Å². The van der Waals surface area contributed by atoms with Crippen molar-refractivity contribution in [3.63, 3.8) is 0 Å². The molecule has 3 nitrogen and oxygen atoms in total. The molecular formula is C15H21N3S. The lowest BCUT2D eigenvalue weighted by Crippen LogP contribution is -2.19. The van der Waals surface area contributed by atoms with Crippen molar-refractivity contribution in [2.75, 3.05) is 5.32 Å². The van der Waals surface area contributed by atoms with Gasteiger partial charge in [0.05, 0.1) is 0 Å². The molecule has 1 fully saturated rings. The van der Waals surface area contributed by atoms with Crippen molar-refractivity contribution in [2.24, 2.45) is 0 Å². The second-order valence-corrected chi connectivity index (χ2v) is 6.25. The third kappa shape index (κ3) is 3.00. The second kappa shape index (κ2) is 5.78. The Kier molecular flexibility index (Phi) is 3.87. The van der Waals surface area contributed by atoms with Crippen LogP contribution in [0.1, 0.15) is 44.2 Å². The van der Waals surface area contributed by atoms with Crippen LogP contribution in [0.5, 0.6) is 0 Å². The van der Waals surface area contributed by atoms with Crippen LogP contribution in [0, 0.1) is 0 Å². The topological polar surface area (TPSA) is 29.9 Å². The molecule has 2 heterocycles. The molecule has 0 radical (unpaired) electrons. The van der Waals surface area contributed by atoms with Gasteiger partial charge in [0.2, 0.25) is 5.95 Å². The third-order valence-electron chi connectivity index (χ3n) is 3.94. The summed E-state index contributed by atoms with van der Waals surface area (Å²) < 4.78 is 2.27. The molecule has 0 saturated heterocycles. The van der Waals surface area contributed by atoms with Crippen molar-refractivity contribution < 1.29 is 0 Å². The molecule has 1 saturated carbocycles. The van der Waals surface area contributed by atoms with Crippen LogP contribution in [0.2, 0.25) is 0 Å². The maximum atomic E-state index is 4.48. The van der Waals surface area contributed by atoms with Gasteiger partial charge in [0, 0.05) is 24.5 Å². The van der Waals surface area contributed by atoms with Crippen molar-refractivity contribution in [1.29, 1.82) is 0 Å². The summed E-state index contributed by atoms with van der Waals surface area (Å²) in [5, 5.41) is 7.98. The lowest BCUT2D eigenvalue weighted by molar-refractivity contribution is 0.545. The van der Waals surface area contributed by atoms with Crippen molar-refractivity contribution in [3.8, 4) is 0 Å². The normalized spacial score (nSPS) is 17.7. The first kappa shape index (κ1) is 12.7. The van der Waals surface area contributed by atoms with E-state index in [-0.39, 0.29) is 0 Å². The smallest absolute Gasteiger partial charge is 0.203 e. The molecule has 1 atom stereocenters. The van der Waals surface area contributed by atoms with E-state index in [1.165, 1.54) is 31.2 Å². The largest absolute Gasteiger partial charge is 0.353 e. The summed E-state index contributed by atoms with van der Waals surface area (Å²) >= 11 is 1.77. The molecule has 2 aromatic heterocycles. The van der Waals surface area contributed by atoms with E-state index in [1.807, 2.05) is 6.20 Å². The number of hydrogen-bond acceptors (Lipinski definition) is 3. The highest BCUT2D eigenvalue weighted by atomic mass is 32.1. The number of nitrogens with zero attached hydrogens (tertiary/aromatic N) is 2. The summed E-state index contributed by atoms with van der Waals surface area (Å²) in [6, 6.07) is 3.28. The minimum absolute atomic E-state index is 0.445. The monoisotopic (exact) mass is 275 g/mol. The molecule has 0 bridgehead atoms. The molecule has 0 aliphatic heterocycles. The fourth-order valence-corrected chi connectivity index (χ4v) is 3.56. The third-order valence-corrected chi connectivity index (χ3v) is 4.68. The molecule has 1 unspecified atom stereocenters. The molecular weight excluding hydrogens is 254 g/mol. The molecule has 1 aliphatic rings. The number of aromatic nitrogens is 2. The summed E-state index contributed by atoms with van der Waals surface area (Å²) in [6.45, 7) is 2.26. The van der Waals surface area contributed by atoms with Gasteiger partial charge >= 0.3 is 0 Å². The first-order valence-electron chi connectivity index (χ1n) is 7.13. The first-order chi connectivity index (χ1) is 9.33. The van der Waals surface area contributed by atoms with E-state index in [1.54, 1.807) is 11.3 Å². The first-order valence-corrected chi connectivity index (χ1v) is 8.07. The summed E-state index contributed by atoms with van der Waals surface area (Å²) in [5.74, 6) is 1.04. The van der Waals surface area contributed by atoms with Gasteiger partial charge in [0.25, 0.3) is 0 Å².